The van der Waals surface area contributed by atoms with Crippen LogP contribution in [-0.4, -0.2) is 36.7 Å². The van der Waals surface area contributed by atoms with E-state index in [4.69, 9.17) is 4.74 Å². The lowest BCUT2D eigenvalue weighted by Crippen LogP contribution is -2.52. The van der Waals surface area contributed by atoms with E-state index in [0.717, 1.165) is 30.6 Å². The Bertz CT molecular complexity index is 867. The van der Waals surface area contributed by atoms with Crippen molar-refractivity contribution >= 4 is 28.9 Å². The number of nitrogens with zero attached hydrogens (tertiary/aromatic N) is 1. The summed E-state index contributed by atoms with van der Waals surface area (Å²) >= 11 is 1.31. The first-order chi connectivity index (χ1) is 15.2. The number of ether oxygens (including phenoxy) is 1. The van der Waals surface area contributed by atoms with E-state index < -0.39 is 5.97 Å². The molecule has 1 aromatic rings. The molecule has 2 aliphatic rings. The number of aliphatic hydroxyl groups excluding tert-OH is 1. The quantitative estimate of drug-likeness (QED) is 0.457. The third-order valence-corrected chi connectivity index (χ3v) is 7.56. The summed E-state index contributed by atoms with van der Waals surface area (Å²) in [5, 5.41) is 9.30. The lowest BCUT2D eigenvalue weighted by Gasteiger charge is -2.44. The van der Waals surface area contributed by atoms with E-state index >= 15 is 0 Å². The van der Waals surface area contributed by atoms with Crippen molar-refractivity contribution in [3.8, 4) is 11.8 Å². The molecule has 1 N–H and O–H groups in total. The van der Waals surface area contributed by atoms with E-state index in [2.05, 4.69) is 32.6 Å². The number of aliphatic hydroxyl groups is 1. The summed E-state index contributed by atoms with van der Waals surface area (Å²) in [6, 6.07) is 2.02. The van der Waals surface area contributed by atoms with Crippen LogP contribution in [0.25, 0.3) is 0 Å². The van der Waals surface area contributed by atoms with E-state index in [1.54, 1.807) is 0 Å². The second kappa shape index (κ2) is 10.9. The molecule has 1 saturated carbocycles. The van der Waals surface area contributed by atoms with Gasteiger partial charge in [0.2, 0.25) is 5.91 Å². The van der Waals surface area contributed by atoms with Gasteiger partial charge in [-0.1, -0.05) is 31.1 Å². The number of amides is 1. The second-order valence-electron chi connectivity index (χ2n) is 10.1. The van der Waals surface area contributed by atoms with Crippen LogP contribution in [0.5, 0.6) is 0 Å². The number of rotatable bonds is 6. The highest BCUT2D eigenvalue weighted by Crippen LogP contribution is 2.42. The first-order valence-electron chi connectivity index (χ1n) is 11.9. The Hall–Kier alpha value is -1.84. The van der Waals surface area contributed by atoms with Crippen molar-refractivity contribution in [2.75, 3.05) is 18.6 Å². The first-order valence-corrected chi connectivity index (χ1v) is 12.8. The van der Waals surface area contributed by atoms with Crippen molar-refractivity contribution in [3.05, 3.63) is 15.8 Å². The molecule has 176 valence electrons. The molecule has 1 aromatic heterocycles. The summed E-state index contributed by atoms with van der Waals surface area (Å²) in [6.07, 6.45) is 9.01. The van der Waals surface area contributed by atoms with Crippen LogP contribution >= 0.6 is 11.3 Å². The number of anilines is 1. The Morgan fingerprint density at radius 1 is 1.22 bits per heavy atom. The van der Waals surface area contributed by atoms with Crippen LogP contribution in [0.1, 0.15) is 93.1 Å². The highest BCUT2D eigenvalue weighted by atomic mass is 32.1. The molecule has 1 unspecified atom stereocenters. The molecule has 32 heavy (non-hydrogen) atoms. The van der Waals surface area contributed by atoms with Crippen LogP contribution in [0, 0.1) is 29.1 Å². The van der Waals surface area contributed by atoms with E-state index in [1.807, 2.05) is 11.0 Å². The average Bonchev–Trinajstić information content (AvgIpc) is 3.20. The normalized spacial score (nSPS) is 22.4. The molecule has 1 aliphatic heterocycles. The number of thiophene rings is 1. The monoisotopic (exact) mass is 459 g/mol. The summed E-state index contributed by atoms with van der Waals surface area (Å²) in [5.74, 6) is 6.46. The van der Waals surface area contributed by atoms with Crippen molar-refractivity contribution in [2.45, 2.75) is 84.6 Å². The Morgan fingerprint density at radius 3 is 2.56 bits per heavy atom. The Morgan fingerprint density at radius 2 is 1.94 bits per heavy atom. The maximum atomic E-state index is 13.7. The highest BCUT2D eigenvalue weighted by molar-refractivity contribution is 7.15. The SMILES string of the molecule is COC(=O)c1sc(C#CC(C)(C)C)cc1N1C(=O)C(CCCO)CC[C@H]1C1CCCCC1. The standard InChI is InChI=1S/C26H37NO4S/c1-26(2,3)15-14-20-17-22(23(32-20)25(30)31-4)27-21(18-9-6-5-7-10-18)13-12-19(24(27)29)11-8-16-28/h17-19,21,28H,5-13,16H2,1-4H3/t19?,21-/m0/s1. The van der Waals surface area contributed by atoms with Crippen LogP contribution in [0.2, 0.25) is 0 Å². The van der Waals surface area contributed by atoms with E-state index in [-0.39, 0.29) is 29.9 Å². The smallest absolute Gasteiger partial charge is 0.350 e. The van der Waals surface area contributed by atoms with Gasteiger partial charge in [0.15, 0.2) is 0 Å². The molecule has 1 aliphatic carbocycles. The maximum Gasteiger partial charge on any atom is 0.350 e. The van der Waals surface area contributed by atoms with Crippen molar-refractivity contribution in [2.24, 2.45) is 17.3 Å². The summed E-state index contributed by atoms with van der Waals surface area (Å²) in [7, 11) is 1.38. The van der Waals surface area contributed by atoms with Gasteiger partial charge in [-0.15, -0.1) is 11.3 Å². The number of carbonyl (C=O) groups excluding carboxylic acids is 2. The van der Waals surface area contributed by atoms with Crippen LogP contribution in [0.3, 0.4) is 0 Å². The number of esters is 1. The van der Waals surface area contributed by atoms with Gasteiger partial charge in [-0.3, -0.25) is 4.79 Å². The number of methoxy groups -OCH3 is 1. The highest BCUT2D eigenvalue weighted by Gasteiger charge is 2.41. The average molecular weight is 460 g/mol. The van der Waals surface area contributed by atoms with Gasteiger partial charge in [0.1, 0.15) is 4.88 Å². The molecule has 0 aromatic carbocycles. The van der Waals surface area contributed by atoms with Gasteiger partial charge in [-0.05, 0) is 71.3 Å². The second-order valence-corrected chi connectivity index (χ2v) is 11.2. The van der Waals surface area contributed by atoms with Crippen molar-refractivity contribution in [1.82, 2.24) is 0 Å². The summed E-state index contributed by atoms with van der Waals surface area (Å²) < 4.78 is 5.09. The van der Waals surface area contributed by atoms with Gasteiger partial charge in [0.25, 0.3) is 0 Å². The number of carbonyl (C=O) groups is 2. The largest absolute Gasteiger partial charge is 0.465 e. The lowest BCUT2D eigenvalue weighted by molar-refractivity contribution is -0.125. The minimum Gasteiger partial charge on any atom is -0.465 e. The van der Waals surface area contributed by atoms with Gasteiger partial charge < -0.3 is 14.7 Å². The van der Waals surface area contributed by atoms with E-state index in [1.165, 1.54) is 37.7 Å². The molecule has 0 spiro atoms. The maximum absolute atomic E-state index is 13.7. The zero-order valence-corrected chi connectivity index (χ0v) is 20.7. The molecule has 3 rings (SSSR count). The molecule has 2 atom stereocenters. The van der Waals surface area contributed by atoms with E-state index in [0.29, 0.717) is 29.3 Å². The third-order valence-electron chi connectivity index (χ3n) is 6.54. The Balaban J connectivity index is 2.04. The predicted molar refractivity (Wildman–Crippen MR) is 129 cm³/mol. The lowest BCUT2D eigenvalue weighted by atomic mass is 9.77. The van der Waals surface area contributed by atoms with Crippen LogP contribution in [-0.2, 0) is 9.53 Å². The molecule has 1 amide bonds. The molecular weight excluding hydrogens is 422 g/mol. The predicted octanol–water partition coefficient (Wildman–Crippen LogP) is 5.40. The van der Waals surface area contributed by atoms with Crippen LogP contribution < -0.4 is 4.90 Å². The Labute approximate surface area is 196 Å². The van der Waals surface area contributed by atoms with Crippen molar-refractivity contribution in [3.63, 3.8) is 0 Å². The van der Waals surface area contributed by atoms with Gasteiger partial charge >= 0.3 is 5.97 Å². The fraction of sp³-hybridized carbons (Fsp3) is 0.692. The Kier molecular flexibility index (Phi) is 8.41. The molecule has 2 fully saturated rings. The van der Waals surface area contributed by atoms with Gasteiger partial charge in [0.05, 0.1) is 17.7 Å². The minimum absolute atomic E-state index is 0.0820. The number of piperidine rings is 1. The van der Waals surface area contributed by atoms with E-state index in [9.17, 15) is 14.7 Å². The van der Waals surface area contributed by atoms with Gasteiger partial charge in [0, 0.05) is 24.0 Å². The summed E-state index contributed by atoms with van der Waals surface area (Å²) in [6.45, 7) is 6.24. The summed E-state index contributed by atoms with van der Waals surface area (Å²) in [5.41, 5.74) is 0.505. The molecule has 1 saturated heterocycles. The molecule has 2 heterocycles. The topological polar surface area (TPSA) is 66.8 Å². The summed E-state index contributed by atoms with van der Waals surface area (Å²) in [4.78, 5) is 29.6. The van der Waals surface area contributed by atoms with Crippen LogP contribution in [0.4, 0.5) is 5.69 Å². The van der Waals surface area contributed by atoms with Gasteiger partial charge in [-0.2, -0.15) is 0 Å². The molecular formula is C26H37NO4S. The van der Waals surface area contributed by atoms with Gasteiger partial charge in [-0.25, -0.2) is 4.79 Å². The third kappa shape index (κ3) is 5.94. The first kappa shape index (κ1) is 24.8. The molecule has 5 nitrogen and oxygen atoms in total. The van der Waals surface area contributed by atoms with Crippen LogP contribution in [0.15, 0.2) is 6.07 Å². The fourth-order valence-corrected chi connectivity index (χ4v) is 5.88. The molecule has 6 heteroatoms. The minimum atomic E-state index is -0.415. The van der Waals surface area contributed by atoms with Crippen molar-refractivity contribution in [1.29, 1.82) is 0 Å². The zero-order chi connectivity index (χ0) is 23.3. The number of hydrogen-bond acceptors (Lipinski definition) is 5. The number of hydrogen-bond donors (Lipinski definition) is 1. The van der Waals surface area contributed by atoms with Crippen molar-refractivity contribution < 1.29 is 19.4 Å². The zero-order valence-electron chi connectivity index (χ0n) is 19.9. The molecule has 0 radical (unpaired) electrons. The molecule has 0 bridgehead atoms. The fourth-order valence-electron chi connectivity index (χ4n) is 4.96.